The molecule has 3 rings (SSSR count). The van der Waals surface area contributed by atoms with Crippen LogP contribution in [0.25, 0.3) is 0 Å². The first-order chi connectivity index (χ1) is 9.56. The van der Waals surface area contributed by atoms with Gasteiger partial charge in [0.1, 0.15) is 5.75 Å². The molecule has 0 bridgehead atoms. The fraction of sp³-hybridized carbons (Fsp3) is 0.312. The van der Waals surface area contributed by atoms with E-state index >= 15 is 0 Å². The number of benzene rings is 1. The molecule has 0 saturated heterocycles. The number of rotatable bonds is 3. The highest BCUT2D eigenvalue weighted by Crippen LogP contribution is 2.37. The number of para-hydroxylation sites is 1. The van der Waals surface area contributed by atoms with E-state index in [0.29, 0.717) is 16.3 Å². The van der Waals surface area contributed by atoms with Crippen molar-refractivity contribution >= 4 is 15.9 Å². The average Bonchev–Trinajstić information content (AvgIpc) is 3.20. The fourth-order valence-corrected chi connectivity index (χ4v) is 2.67. The Balaban J connectivity index is 2.02. The van der Waals surface area contributed by atoms with Crippen molar-refractivity contribution in [3.63, 3.8) is 0 Å². The van der Waals surface area contributed by atoms with Gasteiger partial charge in [0.25, 0.3) is 5.56 Å². The molecule has 0 radical (unpaired) electrons. The molecule has 0 atom stereocenters. The number of nitrogens with zero attached hydrogens (tertiary/aromatic N) is 1. The molecule has 0 N–H and O–H groups in total. The van der Waals surface area contributed by atoms with Gasteiger partial charge in [-0.2, -0.15) is 0 Å². The van der Waals surface area contributed by atoms with Crippen molar-refractivity contribution in [2.24, 2.45) is 0 Å². The zero-order valence-corrected chi connectivity index (χ0v) is 13.1. The minimum absolute atomic E-state index is 0.0215. The first-order valence-corrected chi connectivity index (χ1v) is 7.51. The van der Waals surface area contributed by atoms with Gasteiger partial charge >= 0.3 is 0 Å². The highest BCUT2D eigenvalue weighted by Gasteiger charge is 2.25. The van der Waals surface area contributed by atoms with Crippen LogP contribution in [0.4, 0.5) is 0 Å². The van der Waals surface area contributed by atoms with E-state index in [1.165, 1.54) is 0 Å². The van der Waals surface area contributed by atoms with Crippen LogP contribution in [0, 0.1) is 13.8 Å². The Hall–Kier alpha value is -1.55. The van der Waals surface area contributed by atoms with Crippen molar-refractivity contribution in [2.75, 3.05) is 0 Å². The Labute approximate surface area is 126 Å². The molecule has 4 heteroatoms. The molecule has 3 nitrogen and oxygen atoms in total. The monoisotopic (exact) mass is 333 g/mol. The van der Waals surface area contributed by atoms with Crippen LogP contribution in [0.5, 0.6) is 11.5 Å². The molecule has 0 aliphatic heterocycles. The van der Waals surface area contributed by atoms with E-state index in [2.05, 4.69) is 15.9 Å². The molecule has 0 spiro atoms. The van der Waals surface area contributed by atoms with Gasteiger partial charge in [0, 0.05) is 12.1 Å². The standard InChI is InChI=1S/C16H16BrNO2/c1-10-4-3-5-11(2)16(10)20-14-9-18(12-6-7-12)15(19)8-13(14)17/h3-5,8-9,12H,6-7H2,1-2H3. The zero-order valence-electron chi connectivity index (χ0n) is 11.5. The van der Waals surface area contributed by atoms with Crippen LogP contribution < -0.4 is 10.3 Å². The van der Waals surface area contributed by atoms with Crippen molar-refractivity contribution in [1.29, 1.82) is 0 Å². The normalized spacial score (nSPS) is 14.3. The Morgan fingerprint density at radius 1 is 1.25 bits per heavy atom. The highest BCUT2D eigenvalue weighted by atomic mass is 79.9. The van der Waals surface area contributed by atoms with Gasteiger partial charge in [-0.05, 0) is 53.7 Å². The molecule has 1 fully saturated rings. The smallest absolute Gasteiger partial charge is 0.252 e. The summed E-state index contributed by atoms with van der Waals surface area (Å²) in [6, 6.07) is 7.98. The topological polar surface area (TPSA) is 31.2 Å². The second kappa shape index (κ2) is 5.09. The number of ether oxygens (including phenoxy) is 1. The van der Waals surface area contributed by atoms with Crippen LogP contribution >= 0.6 is 15.9 Å². The summed E-state index contributed by atoms with van der Waals surface area (Å²) < 4.78 is 8.51. The molecule has 0 amide bonds. The van der Waals surface area contributed by atoms with Gasteiger partial charge in [-0.3, -0.25) is 4.79 Å². The first-order valence-electron chi connectivity index (χ1n) is 6.72. The van der Waals surface area contributed by atoms with Crippen LogP contribution in [0.2, 0.25) is 0 Å². The maximum absolute atomic E-state index is 11.9. The Morgan fingerprint density at radius 2 is 1.90 bits per heavy atom. The molecule has 1 aromatic carbocycles. The molecule has 2 aromatic rings. The van der Waals surface area contributed by atoms with Crippen molar-refractivity contribution in [1.82, 2.24) is 4.57 Å². The SMILES string of the molecule is Cc1cccc(C)c1Oc1cn(C2CC2)c(=O)cc1Br. The minimum atomic E-state index is 0.0215. The number of halogens is 1. The van der Waals surface area contributed by atoms with Crippen molar-refractivity contribution in [2.45, 2.75) is 32.7 Å². The van der Waals surface area contributed by atoms with Crippen molar-refractivity contribution in [3.8, 4) is 11.5 Å². The summed E-state index contributed by atoms with van der Waals surface area (Å²) in [5.74, 6) is 1.54. The summed E-state index contributed by atoms with van der Waals surface area (Å²) in [5.41, 5.74) is 2.19. The third-order valence-corrected chi connectivity index (χ3v) is 4.18. The maximum atomic E-state index is 11.9. The summed E-state index contributed by atoms with van der Waals surface area (Å²) in [7, 11) is 0. The number of hydrogen-bond acceptors (Lipinski definition) is 2. The van der Waals surface area contributed by atoms with Gasteiger partial charge in [0.2, 0.25) is 0 Å². The van der Waals surface area contributed by atoms with E-state index in [0.717, 1.165) is 29.7 Å². The molecule has 1 aromatic heterocycles. The lowest BCUT2D eigenvalue weighted by atomic mass is 10.1. The second-order valence-corrected chi connectivity index (χ2v) is 6.14. The van der Waals surface area contributed by atoms with E-state index in [9.17, 15) is 4.79 Å². The van der Waals surface area contributed by atoms with Gasteiger partial charge in [-0.15, -0.1) is 0 Å². The lowest BCUT2D eigenvalue weighted by molar-refractivity contribution is 0.462. The molecule has 104 valence electrons. The second-order valence-electron chi connectivity index (χ2n) is 5.29. The van der Waals surface area contributed by atoms with Crippen molar-refractivity contribution in [3.05, 3.63) is 56.4 Å². The van der Waals surface area contributed by atoms with Gasteiger partial charge in [0.05, 0.1) is 10.7 Å². The minimum Gasteiger partial charge on any atom is -0.454 e. The quantitative estimate of drug-likeness (QED) is 0.835. The molecule has 20 heavy (non-hydrogen) atoms. The molecule has 1 aliphatic carbocycles. The lowest BCUT2D eigenvalue weighted by Gasteiger charge is -2.14. The third-order valence-electron chi connectivity index (χ3n) is 3.56. The first kappa shape index (κ1) is 13.4. The third kappa shape index (κ3) is 2.52. The lowest BCUT2D eigenvalue weighted by Crippen LogP contribution is -2.17. The summed E-state index contributed by atoms with van der Waals surface area (Å²) in [6.07, 6.45) is 3.96. The fourth-order valence-electron chi connectivity index (χ4n) is 2.29. The van der Waals surface area contributed by atoms with E-state index in [1.54, 1.807) is 10.6 Å². The predicted octanol–water partition coefficient (Wildman–Crippen LogP) is 4.35. The summed E-state index contributed by atoms with van der Waals surface area (Å²) in [6.45, 7) is 4.04. The number of aromatic nitrogens is 1. The van der Waals surface area contributed by atoms with E-state index < -0.39 is 0 Å². The van der Waals surface area contributed by atoms with Crippen molar-refractivity contribution < 1.29 is 4.74 Å². The molecular formula is C16H16BrNO2. The Bertz CT molecular complexity index is 697. The van der Waals surface area contributed by atoms with Gasteiger partial charge in [-0.1, -0.05) is 18.2 Å². The molecule has 1 aliphatic rings. The van der Waals surface area contributed by atoms with E-state index in [-0.39, 0.29) is 5.56 Å². The van der Waals surface area contributed by atoms with Crippen LogP contribution in [0.15, 0.2) is 39.7 Å². The van der Waals surface area contributed by atoms with Crippen LogP contribution in [-0.4, -0.2) is 4.57 Å². The van der Waals surface area contributed by atoms with Crippen LogP contribution in [0.3, 0.4) is 0 Å². The van der Waals surface area contributed by atoms with E-state index in [1.807, 2.05) is 38.2 Å². The number of hydrogen-bond donors (Lipinski definition) is 0. The average molecular weight is 334 g/mol. The summed E-state index contributed by atoms with van der Waals surface area (Å²) >= 11 is 3.42. The van der Waals surface area contributed by atoms with Gasteiger partial charge in [-0.25, -0.2) is 0 Å². The van der Waals surface area contributed by atoms with E-state index in [4.69, 9.17) is 4.74 Å². The molecule has 1 saturated carbocycles. The number of pyridine rings is 1. The van der Waals surface area contributed by atoms with Crippen LogP contribution in [-0.2, 0) is 0 Å². The van der Waals surface area contributed by atoms with Crippen LogP contribution in [0.1, 0.15) is 30.0 Å². The number of aryl methyl sites for hydroxylation is 2. The molecular weight excluding hydrogens is 318 g/mol. The molecule has 0 unspecified atom stereocenters. The Kier molecular flexibility index (Phi) is 3.42. The maximum Gasteiger partial charge on any atom is 0.252 e. The van der Waals surface area contributed by atoms with Gasteiger partial charge in [0.15, 0.2) is 5.75 Å². The molecule has 1 heterocycles. The summed E-state index contributed by atoms with van der Waals surface area (Å²) in [5, 5.41) is 0. The van der Waals surface area contributed by atoms with Gasteiger partial charge < -0.3 is 9.30 Å². The zero-order chi connectivity index (χ0) is 14.3. The summed E-state index contributed by atoms with van der Waals surface area (Å²) in [4.78, 5) is 11.9. The predicted molar refractivity (Wildman–Crippen MR) is 82.7 cm³/mol. The highest BCUT2D eigenvalue weighted by molar-refractivity contribution is 9.10. The Morgan fingerprint density at radius 3 is 2.50 bits per heavy atom. The largest absolute Gasteiger partial charge is 0.454 e.